The molecule has 0 saturated carbocycles. The largest absolute Gasteiger partial charge is 0.370 e. The van der Waals surface area contributed by atoms with Crippen LogP contribution in [0.25, 0.3) is 10.8 Å². The SMILES string of the molecule is NC(=O)CCCCCCCCCCC(=O)NCc1ccc2c3c(cccc13)C(=O)N2C1CCC(=O)NC1=O. The van der Waals surface area contributed by atoms with Crippen LogP contribution in [0.2, 0.25) is 0 Å². The molecule has 0 bridgehead atoms. The van der Waals surface area contributed by atoms with Crippen LogP contribution in [0.4, 0.5) is 5.69 Å². The van der Waals surface area contributed by atoms with Crippen molar-refractivity contribution in [1.82, 2.24) is 10.6 Å². The van der Waals surface area contributed by atoms with E-state index in [4.69, 9.17) is 5.73 Å². The Morgan fingerprint density at radius 1 is 0.921 bits per heavy atom. The zero-order valence-corrected chi connectivity index (χ0v) is 21.7. The fraction of sp³-hybridized carbons (Fsp3) is 0.483. The summed E-state index contributed by atoms with van der Waals surface area (Å²) in [5.74, 6) is -1.25. The van der Waals surface area contributed by atoms with Crippen LogP contribution in [0.15, 0.2) is 30.3 Å². The summed E-state index contributed by atoms with van der Waals surface area (Å²) < 4.78 is 0. The molecule has 2 heterocycles. The van der Waals surface area contributed by atoms with Gasteiger partial charge < -0.3 is 11.1 Å². The van der Waals surface area contributed by atoms with Gasteiger partial charge in [-0.25, -0.2) is 0 Å². The third-order valence-electron chi connectivity index (χ3n) is 7.39. The number of rotatable bonds is 14. The van der Waals surface area contributed by atoms with Gasteiger partial charge in [0.05, 0.1) is 5.69 Å². The van der Waals surface area contributed by atoms with Crippen molar-refractivity contribution in [3.05, 3.63) is 41.5 Å². The number of nitrogens with zero attached hydrogens (tertiary/aromatic N) is 1. The molecule has 1 saturated heterocycles. The standard InChI is InChI=1S/C29H36N4O5/c30-24(34)12-7-5-3-1-2-4-6-8-13-25(35)31-18-19-14-15-22-27-20(19)10-9-11-21(27)29(38)33(22)23-16-17-26(36)32-28(23)37/h9-11,14-15,23H,1-8,12-13,16-18H2,(H2,30,34)(H,31,35)(H,32,36,37). The Hall–Kier alpha value is -3.75. The van der Waals surface area contributed by atoms with Gasteiger partial charge >= 0.3 is 0 Å². The van der Waals surface area contributed by atoms with Crippen molar-refractivity contribution in [2.75, 3.05) is 4.90 Å². The summed E-state index contributed by atoms with van der Waals surface area (Å²) in [6.07, 6.45) is 9.65. The highest BCUT2D eigenvalue weighted by Crippen LogP contribution is 2.41. The molecule has 4 N–H and O–H groups in total. The first-order valence-corrected chi connectivity index (χ1v) is 13.6. The zero-order valence-electron chi connectivity index (χ0n) is 21.7. The predicted octanol–water partition coefficient (Wildman–Crippen LogP) is 3.61. The molecule has 2 aliphatic rings. The number of carbonyl (C=O) groups is 5. The first kappa shape index (κ1) is 27.3. The molecule has 2 aromatic rings. The molecule has 0 radical (unpaired) electrons. The van der Waals surface area contributed by atoms with Gasteiger partial charge in [-0.3, -0.25) is 34.2 Å². The van der Waals surface area contributed by atoms with E-state index in [1.54, 1.807) is 6.07 Å². The van der Waals surface area contributed by atoms with Crippen LogP contribution in [0, 0.1) is 0 Å². The maximum absolute atomic E-state index is 13.2. The van der Waals surface area contributed by atoms with Crippen LogP contribution < -0.4 is 21.3 Å². The third kappa shape index (κ3) is 6.38. The lowest BCUT2D eigenvalue weighted by Crippen LogP contribution is -2.53. The molecule has 0 spiro atoms. The number of anilines is 1. The number of hydrogen-bond donors (Lipinski definition) is 3. The van der Waals surface area contributed by atoms with E-state index in [2.05, 4.69) is 10.6 Å². The second-order valence-corrected chi connectivity index (χ2v) is 10.2. The normalized spacial score (nSPS) is 16.7. The fourth-order valence-electron chi connectivity index (χ4n) is 5.39. The summed E-state index contributed by atoms with van der Waals surface area (Å²) in [4.78, 5) is 62.0. The molecule has 38 heavy (non-hydrogen) atoms. The van der Waals surface area contributed by atoms with E-state index in [1.165, 1.54) is 4.90 Å². The van der Waals surface area contributed by atoms with Gasteiger partial charge in [-0.2, -0.15) is 0 Å². The maximum Gasteiger partial charge on any atom is 0.259 e. The van der Waals surface area contributed by atoms with E-state index in [-0.39, 0.29) is 30.0 Å². The molecule has 2 aromatic carbocycles. The summed E-state index contributed by atoms with van der Waals surface area (Å²) in [6, 6.07) is 8.50. The summed E-state index contributed by atoms with van der Waals surface area (Å²) in [5.41, 5.74) is 7.25. The summed E-state index contributed by atoms with van der Waals surface area (Å²) in [5, 5.41) is 7.00. The molecule has 0 aliphatic carbocycles. The van der Waals surface area contributed by atoms with E-state index in [0.717, 1.165) is 67.7 Å². The minimum absolute atomic E-state index is 0.000881. The number of piperidine rings is 1. The summed E-state index contributed by atoms with van der Waals surface area (Å²) in [7, 11) is 0. The van der Waals surface area contributed by atoms with Crippen LogP contribution in [-0.4, -0.2) is 35.6 Å². The van der Waals surface area contributed by atoms with E-state index >= 15 is 0 Å². The van der Waals surface area contributed by atoms with Crippen molar-refractivity contribution >= 4 is 46.0 Å². The lowest BCUT2D eigenvalue weighted by atomic mass is 10.00. The van der Waals surface area contributed by atoms with Gasteiger partial charge in [-0.1, -0.05) is 56.7 Å². The van der Waals surface area contributed by atoms with Crippen LogP contribution in [0.5, 0.6) is 0 Å². The number of primary amides is 1. The molecule has 1 atom stereocenters. The van der Waals surface area contributed by atoms with Crippen molar-refractivity contribution in [2.45, 2.75) is 89.6 Å². The van der Waals surface area contributed by atoms with Gasteiger partial charge in [0, 0.05) is 36.8 Å². The van der Waals surface area contributed by atoms with Crippen LogP contribution in [-0.2, 0) is 25.7 Å². The zero-order chi connectivity index (χ0) is 27.1. The first-order chi connectivity index (χ1) is 18.4. The van der Waals surface area contributed by atoms with Gasteiger partial charge in [0.15, 0.2) is 0 Å². The van der Waals surface area contributed by atoms with Crippen LogP contribution in [0.3, 0.4) is 0 Å². The lowest BCUT2D eigenvalue weighted by Gasteiger charge is -2.30. The van der Waals surface area contributed by atoms with Gasteiger partial charge in [-0.15, -0.1) is 0 Å². The average molecular weight is 521 g/mol. The average Bonchev–Trinajstić information content (AvgIpc) is 3.17. The van der Waals surface area contributed by atoms with Crippen molar-refractivity contribution < 1.29 is 24.0 Å². The quantitative estimate of drug-likeness (QED) is 0.258. The smallest absolute Gasteiger partial charge is 0.259 e. The lowest BCUT2D eigenvalue weighted by molar-refractivity contribution is -0.134. The number of amides is 5. The van der Waals surface area contributed by atoms with Crippen molar-refractivity contribution in [2.24, 2.45) is 5.73 Å². The number of nitrogens with two attached hydrogens (primary N) is 1. The molecular weight excluding hydrogens is 484 g/mol. The topological polar surface area (TPSA) is 139 Å². The highest BCUT2D eigenvalue weighted by Gasteiger charge is 2.40. The van der Waals surface area contributed by atoms with Crippen molar-refractivity contribution in [3.63, 3.8) is 0 Å². The summed E-state index contributed by atoms with van der Waals surface area (Å²) in [6.45, 7) is 0.358. The molecule has 4 rings (SSSR count). The van der Waals surface area contributed by atoms with E-state index in [1.807, 2.05) is 24.3 Å². The number of benzene rings is 2. The Kier molecular flexibility index (Phi) is 9.10. The number of hydrogen-bond acceptors (Lipinski definition) is 5. The molecule has 0 aromatic heterocycles. The van der Waals surface area contributed by atoms with Gasteiger partial charge in [0.1, 0.15) is 6.04 Å². The van der Waals surface area contributed by atoms with Crippen LogP contribution >= 0.6 is 0 Å². The Balaban J connectivity index is 1.26. The molecule has 1 fully saturated rings. The Morgan fingerprint density at radius 3 is 2.29 bits per heavy atom. The molecule has 9 nitrogen and oxygen atoms in total. The number of unbranched alkanes of at least 4 members (excludes halogenated alkanes) is 7. The Labute approximate surface area is 222 Å². The number of nitrogens with one attached hydrogen (secondary N) is 2. The van der Waals surface area contributed by atoms with Crippen molar-refractivity contribution in [3.8, 4) is 0 Å². The third-order valence-corrected chi connectivity index (χ3v) is 7.39. The predicted molar refractivity (Wildman–Crippen MR) is 144 cm³/mol. The monoisotopic (exact) mass is 520 g/mol. The van der Waals surface area contributed by atoms with E-state index < -0.39 is 11.9 Å². The highest BCUT2D eigenvalue weighted by atomic mass is 16.2. The Bertz CT molecular complexity index is 1240. The van der Waals surface area contributed by atoms with Gasteiger partial charge in [0.25, 0.3) is 5.91 Å². The molecule has 5 amide bonds. The minimum Gasteiger partial charge on any atom is -0.370 e. The summed E-state index contributed by atoms with van der Waals surface area (Å²) >= 11 is 0. The second kappa shape index (κ2) is 12.7. The van der Waals surface area contributed by atoms with Crippen LogP contribution in [0.1, 0.15) is 93.0 Å². The highest BCUT2D eigenvalue weighted by molar-refractivity contribution is 6.27. The van der Waals surface area contributed by atoms with Crippen molar-refractivity contribution in [1.29, 1.82) is 0 Å². The molecular formula is C29H36N4O5. The van der Waals surface area contributed by atoms with E-state index in [9.17, 15) is 24.0 Å². The van der Waals surface area contributed by atoms with Gasteiger partial charge in [-0.05, 0) is 42.3 Å². The number of carbonyl (C=O) groups excluding carboxylic acids is 5. The molecule has 9 heteroatoms. The second-order valence-electron chi connectivity index (χ2n) is 10.2. The molecule has 202 valence electrons. The Morgan fingerprint density at radius 2 is 1.61 bits per heavy atom. The number of imide groups is 1. The minimum atomic E-state index is -0.719. The fourth-order valence-corrected chi connectivity index (χ4v) is 5.39. The molecule has 2 aliphatic heterocycles. The maximum atomic E-state index is 13.2. The van der Waals surface area contributed by atoms with E-state index in [0.29, 0.717) is 37.1 Å². The molecule has 1 unspecified atom stereocenters. The van der Waals surface area contributed by atoms with Gasteiger partial charge in [0.2, 0.25) is 23.6 Å². The first-order valence-electron chi connectivity index (χ1n) is 13.6.